The van der Waals surface area contributed by atoms with Crippen LogP contribution < -0.4 is 0 Å². The summed E-state index contributed by atoms with van der Waals surface area (Å²) in [6, 6.07) is 14.0. The number of phenols is 1. The highest BCUT2D eigenvalue weighted by atomic mass is 35.5. The Kier molecular flexibility index (Phi) is 3.66. The number of aromatic hydroxyl groups is 1. The minimum Gasteiger partial charge on any atom is -0.507 e. The summed E-state index contributed by atoms with van der Waals surface area (Å²) < 4.78 is 0. The predicted octanol–water partition coefficient (Wildman–Crippen LogP) is 4.85. The number of H-pyrrole nitrogens is 1. The zero-order valence-electron chi connectivity index (χ0n) is 10.9. The van der Waals surface area contributed by atoms with Gasteiger partial charge in [0.2, 0.25) is 0 Å². The van der Waals surface area contributed by atoms with Crippen molar-refractivity contribution < 1.29 is 5.11 Å². The minimum atomic E-state index is 0.157. The molecule has 2 aromatic carbocycles. The lowest BCUT2D eigenvalue weighted by atomic mass is 10.1. The van der Waals surface area contributed by atoms with E-state index < -0.39 is 0 Å². The molecule has 3 aromatic rings. The van der Waals surface area contributed by atoms with E-state index in [1.165, 1.54) is 0 Å². The van der Waals surface area contributed by atoms with Gasteiger partial charge in [0.05, 0.1) is 17.6 Å². The maximum atomic E-state index is 9.89. The summed E-state index contributed by atoms with van der Waals surface area (Å²) in [5.41, 5.74) is 2.47. The van der Waals surface area contributed by atoms with Gasteiger partial charge in [-0.1, -0.05) is 23.7 Å². The van der Waals surface area contributed by atoms with Crippen molar-refractivity contribution in [2.45, 2.75) is 0 Å². The summed E-state index contributed by atoms with van der Waals surface area (Å²) in [7, 11) is 0. The number of aromatic nitrogens is 2. The van der Waals surface area contributed by atoms with Crippen molar-refractivity contribution >= 4 is 23.0 Å². The lowest BCUT2D eigenvalue weighted by Gasteiger charge is -2.01. The van der Waals surface area contributed by atoms with Crippen LogP contribution in [0, 0.1) is 0 Å². The molecule has 0 aliphatic heterocycles. The highest BCUT2D eigenvalue weighted by Gasteiger charge is 2.10. The van der Waals surface area contributed by atoms with E-state index in [0.717, 1.165) is 0 Å². The number of phenolic OH excluding ortho intramolecular Hbond substituents is 1. The monoisotopic (exact) mass is 298 g/mol. The van der Waals surface area contributed by atoms with E-state index in [4.69, 9.17) is 11.6 Å². The zero-order chi connectivity index (χ0) is 14.7. The van der Waals surface area contributed by atoms with E-state index in [9.17, 15) is 5.11 Å². The third-order valence-electron chi connectivity index (χ3n) is 2.89. The number of nitrogens with zero attached hydrogens (tertiary/aromatic N) is 3. The molecule has 1 heterocycles. The summed E-state index contributed by atoms with van der Waals surface area (Å²) in [5, 5.41) is 25.6. The fourth-order valence-electron chi connectivity index (χ4n) is 1.86. The van der Waals surface area contributed by atoms with Crippen LogP contribution in [0.2, 0.25) is 5.02 Å². The van der Waals surface area contributed by atoms with Crippen molar-refractivity contribution in [2.24, 2.45) is 10.2 Å². The fraction of sp³-hybridized carbons (Fsp3) is 0. The van der Waals surface area contributed by atoms with Gasteiger partial charge in [-0.2, -0.15) is 10.2 Å². The summed E-state index contributed by atoms with van der Waals surface area (Å²) in [6.45, 7) is 0. The van der Waals surface area contributed by atoms with Crippen molar-refractivity contribution in [1.29, 1.82) is 0 Å². The van der Waals surface area contributed by atoms with Crippen molar-refractivity contribution in [3.8, 4) is 17.0 Å². The highest BCUT2D eigenvalue weighted by Crippen LogP contribution is 2.34. The Bertz CT molecular complexity index is 780. The van der Waals surface area contributed by atoms with Gasteiger partial charge in [0.15, 0.2) is 0 Å². The van der Waals surface area contributed by atoms with Gasteiger partial charge >= 0.3 is 0 Å². The predicted molar refractivity (Wildman–Crippen MR) is 81.3 cm³/mol. The number of nitrogens with one attached hydrogen (secondary N) is 1. The van der Waals surface area contributed by atoms with Crippen LogP contribution in [-0.2, 0) is 0 Å². The van der Waals surface area contributed by atoms with Gasteiger partial charge < -0.3 is 5.11 Å². The van der Waals surface area contributed by atoms with Crippen LogP contribution in [0.1, 0.15) is 0 Å². The number of rotatable bonds is 3. The number of halogens is 1. The Hall–Kier alpha value is -2.66. The number of hydrogen-bond donors (Lipinski definition) is 2. The molecule has 2 N–H and O–H groups in total. The average Bonchev–Trinajstić information content (AvgIpc) is 2.95. The molecule has 5 nitrogen and oxygen atoms in total. The molecule has 3 rings (SSSR count). The summed E-state index contributed by atoms with van der Waals surface area (Å²) in [5.74, 6) is 0.157. The molecular weight excluding hydrogens is 288 g/mol. The Morgan fingerprint density at radius 3 is 2.52 bits per heavy atom. The molecule has 0 saturated heterocycles. The summed E-state index contributed by atoms with van der Waals surface area (Å²) >= 11 is 5.82. The van der Waals surface area contributed by atoms with E-state index in [2.05, 4.69) is 20.4 Å². The summed E-state index contributed by atoms with van der Waals surface area (Å²) in [6.07, 6.45) is 1.56. The van der Waals surface area contributed by atoms with E-state index >= 15 is 0 Å². The first-order valence-corrected chi connectivity index (χ1v) is 6.61. The molecule has 0 atom stereocenters. The molecule has 0 aliphatic carbocycles. The van der Waals surface area contributed by atoms with Gasteiger partial charge in [-0.3, -0.25) is 5.10 Å². The molecule has 0 aliphatic rings. The fourth-order valence-corrected chi connectivity index (χ4v) is 1.98. The second kappa shape index (κ2) is 5.76. The molecule has 6 heteroatoms. The van der Waals surface area contributed by atoms with Gasteiger partial charge in [0.25, 0.3) is 0 Å². The van der Waals surface area contributed by atoms with Crippen LogP contribution >= 0.6 is 11.6 Å². The lowest BCUT2D eigenvalue weighted by Crippen LogP contribution is -1.79. The Morgan fingerprint density at radius 2 is 1.76 bits per heavy atom. The third kappa shape index (κ3) is 2.93. The van der Waals surface area contributed by atoms with Crippen LogP contribution in [0.15, 0.2) is 65.0 Å². The highest BCUT2D eigenvalue weighted by molar-refractivity contribution is 6.30. The molecular formula is C15H11ClN4O. The van der Waals surface area contributed by atoms with E-state index in [0.29, 0.717) is 27.7 Å². The molecule has 0 radical (unpaired) electrons. The first-order chi connectivity index (χ1) is 10.2. The first-order valence-electron chi connectivity index (χ1n) is 6.23. The second-order valence-corrected chi connectivity index (χ2v) is 4.76. The van der Waals surface area contributed by atoms with E-state index in [1.54, 1.807) is 48.7 Å². The van der Waals surface area contributed by atoms with Gasteiger partial charge in [-0.05, 0) is 36.4 Å². The Balaban J connectivity index is 1.93. The van der Waals surface area contributed by atoms with Crippen molar-refractivity contribution in [3.63, 3.8) is 0 Å². The first kappa shape index (κ1) is 13.3. The SMILES string of the molecule is Oc1ccccc1-c1[nH]ncc1N=Nc1ccc(Cl)cc1. The van der Waals surface area contributed by atoms with Gasteiger partial charge in [0, 0.05) is 10.6 Å². The van der Waals surface area contributed by atoms with Crippen LogP contribution in [-0.4, -0.2) is 15.3 Å². The lowest BCUT2D eigenvalue weighted by molar-refractivity contribution is 0.477. The Morgan fingerprint density at radius 1 is 1.00 bits per heavy atom. The molecule has 0 bridgehead atoms. The molecule has 21 heavy (non-hydrogen) atoms. The maximum Gasteiger partial charge on any atom is 0.131 e. The van der Waals surface area contributed by atoms with E-state index in [1.807, 2.05) is 6.07 Å². The number of azo groups is 1. The molecule has 1 aromatic heterocycles. The summed E-state index contributed by atoms with van der Waals surface area (Å²) in [4.78, 5) is 0. The van der Waals surface area contributed by atoms with Crippen LogP contribution in [0.3, 0.4) is 0 Å². The molecule has 0 saturated carbocycles. The van der Waals surface area contributed by atoms with Crippen LogP contribution in [0.5, 0.6) is 5.75 Å². The number of aromatic amines is 1. The number of para-hydroxylation sites is 1. The van der Waals surface area contributed by atoms with Crippen molar-refractivity contribution in [3.05, 3.63) is 59.8 Å². The average molecular weight is 299 g/mol. The van der Waals surface area contributed by atoms with Gasteiger partial charge in [-0.15, -0.1) is 5.11 Å². The topological polar surface area (TPSA) is 73.6 Å². The second-order valence-electron chi connectivity index (χ2n) is 4.32. The smallest absolute Gasteiger partial charge is 0.131 e. The van der Waals surface area contributed by atoms with Crippen molar-refractivity contribution in [2.75, 3.05) is 0 Å². The third-order valence-corrected chi connectivity index (χ3v) is 3.14. The molecule has 104 valence electrons. The van der Waals surface area contributed by atoms with E-state index in [-0.39, 0.29) is 5.75 Å². The van der Waals surface area contributed by atoms with Crippen molar-refractivity contribution in [1.82, 2.24) is 10.2 Å². The molecule has 0 amide bonds. The molecule has 0 fully saturated rings. The maximum absolute atomic E-state index is 9.89. The standard InChI is InChI=1S/C15H11ClN4O/c16-10-5-7-11(8-6-10)18-19-13-9-17-20-15(13)12-3-1-2-4-14(12)21/h1-9,21H,(H,17,20). The van der Waals surface area contributed by atoms with Gasteiger partial charge in [-0.25, -0.2) is 0 Å². The van der Waals surface area contributed by atoms with Gasteiger partial charge in [0.1, 0.15) is 11.4 Å². The largest absolute Gasteiger partial charge is 0.507 e. The Labute approximate surface area is 125 Å². The van der Waals surface area contributed by atoms with Crippen LogP contribution in [0.4, 0.5) is 11.4 Å². The molecule has 0 spiro atoms. The number of benzene rings is 2. The van der Waals surface area contributed by atoms with Crippen LogP contribution in [0.25, 0.3) is 11.3 Å². The quantitative estimate of drug-likeness (QED) is 0.678. The minimum absolute atomic E-state index is 0.157. The zero-order valence-corrected chi connectivity index (χ0v) is 11.6. The number of hydrogen-bond acceptors (Lipinski definition) is 4. The molecule has 0 unspecified atom stereocenters. The normalized spacial score (nSPS) is 11.1.